The van der Waals surface area contributed by atoms with E-state index in [0.717, 1.165) is 57.8 Å². The summed E-state index contributed by atoms with van der Waals surface area (Å²) in [5.74, 6) is -2.37. The molecule has 11 nitrogen and oxygen atoms in total. The van der Waals surface area contributed by atoms with E-state index in [2.05, 4.69) is 10.6 Å². The van der Waals surface area contributed by atoms with E-state index >= 15 is 0 Å². The summed E-state index contributed by atoms with van der Waals surface area (Å²) < 4.78 is 0. The van der Waals surface area contributed by atoms with Crippen LogP contribution in [0.2, 0.25) is 0 Å². The SMILES string of the molecule is C[C@@H](C1CCCCC1)N(CC(=O)NCC(=O)N(CC(=O)NCC(=O)O)[C@@H](C)C1CCCCC1)C(=O)CN. The van der Waals surface area contributed by atoms with Gasteiger partial charge in [0.2, 0.25) is 23.6 Å². The van der Waals surface area contributed by atoms with Gasteiger partial charge in [-0.1, -0.05) is 38.5 Å². The fourth-order valence-electron chi connectivity index (χ4n) is 5.65. The maximum Gasteiger partial charge on any atom is 0.322 e. The van der Waals surface area contributed by atoms with Crippen LogP contribution < -0.4 is 16.4 Å². The largest absolute Gasteiger partial charge is 0.480 e. The van der Waals surface area contributed by atoms with Gasteiger partial charge in [0.1, 0.15) is 6.54 Å². The van der Waals surface area contributed by atoms with Crippen LogP contribution in [0.5, 0.6) is 0 Å². The van der Waals surface area contributed by atoms with Crippen LogP contribution in [0, 0.1) is 11.8 Å². The van der Waals surface area contributed by atoms with E-state index in [1.807, 2.05) is 13.8 Å². The molecule has 0 radical (unpaired) electrons. The molecular formula is C26H45N5O6. The van der Waals surface area contributed by atoms with E-state index in [0.29, 0.717) is 5.92 Å². The average molecular weight is 524 g/mol. The lowest BCUT2D eigenvalue weighted by molar-refractivity contribution is -0.142. The number of nitrogens with two attached hydrogens (primary N) is 1. The molecule has 11 heteroatoms. The van der Waals surface area contributed by atoms with Gasteiger partial charge in [0.05, 0.1) is 26.2 Å². The zero-order valence-electron chi connectivity index (χ0n) is 22.4. The first-order valence-corrected chi connectivity index (χ1v) is 13.7. The van der Waals surface area contributed by atoms with E-state index < -0.39 is 30.2 Å². The van der Waals surface area contributed by atoms with E-state index in [-0.39, 0.29) is 50.1 Å². The van der Waals surface area contributed by atoms with Crippen molar-refractivity contribution in [2.45, 2.75) is 90.1 Å². The van der Waals surface area contributed by atoms with Gasteiger partial charge in [-0.2, -0.15) is 0 Å². The van der Waals surface area contributed by atoms with Crippen molar-refractivity contribution < 1.29 is 29.1 Å². The van der Waals surface area contributed by atoms with Gasteiger partial charge in [0.25, 0.3) is 0 Å². The van der Waals surface area contributed by atoms with Crippen molar-refractivity contribution in [3.05, 3.63) is 0 Å². The number of hydrogen-bond donors (Lipinski definition) is 4. The number of hydrogen-bond acceptors (Lipinski definition) is 6. The second-order valence-corrected chi connectivity index (χ2v) is 10.5. The molecule has 0 saturated heterocycles. The monoisotopic (exact) mass is 523 g/mol. The van der Waals surface area contributed by atoms with Gasteiger partial charge >= 0.3 is 5.97 Å². The minimum atomic E-state index is -1.17. The molecule has 2 aliphatic rings. The summed E-state index contributed by atoms with van der Waals surface area (Å²) in [6.45, 7) is 2.35. The molecule has 4 amide bonds. The Bertz CT molecular complexity index is 794. The molecule has 2 atom stereocenters. The number of aliphatic carboxylic acids is 1. The topological polar surface area (TPSA) is 162 Å². The van der Waals surface area contributed by atoms with Crippen LogP contribution in [-0.2, 0) is 24.0 Å². The number of carbonyl (C=O) groups is 5. The quantitative estimate of drug-likeness (QED) is 0.278. The Balaban J connectivity index is 2.01. The highest BCUT2D eigenvalue weighted by Gasteiger charge is 2.32. The Morgan fingerprint density at radius 3 is 1.54 bits per heavy atom. The molecule has 2 saturated carbocycles. The molecule has 5 N–H and O–H groups in total. The Labute approximate surface area is 219 Å². The van der Waals surface area contributed by atoms with Gasteiger partial charge in [-0.05, 0) is 51.4 Å². The summed E-state index contributed by atoms with van der Waals surface area (Å²) in [5, 5.41) is 13.8. The third-order valence-corrected chi connectivity index (χ3v) is 7.96. The van der Waals surface area contributed by atoms with Crippen LogP contribution in [0.15, 0.2) is 0 Å². The standard InChI is InChI=1S/C26H45N5O6/c1-18(20-9-5-3-6-10-20)30(24(34)13-27)16-22(32)28-14-25(35)31(17-23(33)29-15-26(36)37)19(2)21-11-7-4-8-12-21/h18-21H,3-17,27H2,1-2H3,(H,28,32)(H,29,33)(H,36,37)/t18-,19-/m0/s1. The maximum atomic E-state index is 13.2. The molecule has 210 valence electrons. The molecular weight excluding hydrogens is 478 g/mol. The van der Waals surface area contributed by atoms with Gasteiger partial charge in [0.15, 0.2) is 0 Å². The van der Waals surface area contributed by atoms with Crippen molar-refractivity contribution in [3.63, 3.8) is 0 Å². The van der Waals surface area contributed by atoms with Crippen molar-refractivity contribution in [3.8, 4) is 0 Å². The Hall–Kier alpha value is -2.69. The number of nitrogens with zero attached hydrogens (tertiary/aromatic N) is 2. The maximum absolute atomic E-state index is 13.2. The zero-order valence-corrected chi connectivity index (χ0v) is 22.4. The lowest BCUT2D eigenvalue weighted by Gasteiger charge is -2.37. The predicted molar refractivity (Wildman–Crippen MR) is 138 cm³/mol. The fourth-order valence-corrected chi connectivity index (χ4v) is 5.65. The lowest BCUT2D eigenvalue weighted by Crippen LogP contribution is -2.53. The number of carboxylic acids is 1. The number of amides is 4. The molecule has 0 spiro atoms. The molecule has 0 heterocycles. The molecule has 37 heavy (non-hydrogen) atoms. The van der Waals surface area contributed by atoms with Crippen LogP contribution in [0.25, 0.3) is 0 Å². The fraction of sp³-hybridized carbons (Fsp3) is 0.808. The van der Waals surface area contributed by atoms with Crippen LogP contribution >= 0.6 is 0 Å². The van der Waals surface area contributed by atoms with E-state index in [4.69, 9.17) is 10.8 Å². The number of carboxylic acid groups (broad SMARTS) is 1. The molecule has 0 aromatic heterocycles. The number of carbonyl (C=O) groups excluding carboxylic acids is 4. The molecule has 2 aliphatic carbocycles. The number of rotatable bonds is 13. The smallest absolute Gasteiger partial charge is 0.322 e. The van der Waals surface area contributed by atoms with Crippen molar-refractivity contribution in [2.75, 3.05) is 32.7 Å². The minimum absolute atomic E-state index is 0.126. The van der Waals surface area contributed by atoms with Crippen molar-refractivity contribution >= 4 is 29.6 Å². The average Bonchev–Trinajstić information content (AvgIpc) is 2.91. The molecule has 0 unspecified atom stereocenters. The molecule has 0 aliphatic heterocycles. The van der Waals surface area contributed by atoms with Gasteiger partial charge in [-0.3, -0.25) is 24.0 Å². The number of nitrogens with one attached hydrogen (secondary N) is 2. The van der Waals surface area contributed by atoms with Crippen LogP contribution in [0.3, 0.4) is 0 Å². The second kappa shape index (κ2) is 15.5. The minimum Gasteiger partial charge on any atom is -0.480 e. The first kappa shape index (κ1) is 30.5. The normalized spacial score (nSPS) is 18.4. The van der Waals surface area contributed by atoms with Crippen LogP contribution in [0.4, 0.5) is 0 Å². The van der Waals surface area contributed by atoms with Crippen molar-refractivity contribution in [1.82, 2.24) is 20.4 Å². The third-order valence-electron chi connectivity index (χ3n) is 7.96. The van der Waals surface area contributed by atoms with Gasteiger partial charge < -0.3 is 31.3 Å². The molecule has 2 rings (SSSR count). The first-order chi connectivity index (χ1) is 17.6. The Morgan fingerprint density at radius 1 is 0.730 bits per heavy atom. The van der Waals surface area contributed by atoms with Crippen LogP contribution in [0.1, 0.15) is 78.1 Å². The predicted octanol–water partition coefficient (Wildman–Crippen LogP) is 0.857. The highest BCUT2D eigenvalue weighted by Crippen LogP contribution is 2.30. The lowest BCUT2D eigenvalue weighted by atomic mass is 9.84. The highest BCUT2D eigenvalue weighted by atomic mass is 16.4. The Morgan fingerprint density at radius 2 is 1.14 bits per heavy atom. The molecule has 0 aromatic rings. The summed E-state index contributed by atoms with van der Waals surface area (Å²) in [6.07, 6.45) is 10.6. The zero-order chi connectivity index (χ0) is 27.4. The highest BCUT2D eigenvalue weighted by molar-refractivity contribution is 5.91. The molecule has 0 aromatic carbocycles. The molecule has 2 fully saturated rings. The summed E-state index contributed by atoms with van der Waals surface area (Å²) in [6, 6.07) is -0.361. The van der Waals surface area contributed by atoms with Crippen molar-refractivity contribution in [1.29, 1.82) is 0 Å². The first-order valence-electron chi connectivity index (χ1n) is 13.7. The summed E-state index contributed by atoms with van der Waals surface area (Å²) in [4.78, 5) is 64.6. The van der Waals surface area contributed by atoms with E-state index in [1.165, 1.54) is 16.2 Å². The van der Waals surface area contributed by atoms with E-state index in [9.17, 15) is 24.0 Å². The summed E-state index contributed by atoms with van der Waals surface area (Å²) >= 11 is 0. The third kappa shape index (κ3) is 9.94. The van der Waals surface area contributed by atoms with E-state index in [1.54, 1.807) is 0 Å². The summed E-state index contributed by atoms with van der Waals surface area (Å²) in [7, 11) is 0. The van der Waals surface area contributed by atoms with Gasteiger partial charge in [-0.15, -0.1) is 0 Å². The Kier molecular flexibility index (Phi) is 12.8. The molecule has 0 bridgehead atoms. The second-order valence-electron chi connectivity index (χ2n) is 10.5. The summed E-state index contributed by atoms with van der Waals surface area (Å²) in [5.41, 5.74) is 5.61. The van der Waals surface area contributed by atoms with Crippen molar-refractivity contribution in [2.24, 2.45) is 17.6 Å². The van der Waals surface area contributed by atoms with Gasteiger partial charge in [0, 0.05) is 12.1 Å². The van der Waals surface area contributed by atoms with Crippen LogP contribution in [-0.4, -0.2) is 89.3 Å². The van der Waals surface area contributed by atoms with Gasteiger partial charge in [-0.25, -0.2) is 0 Å².